The molecular weight excluding hydrogens is 254 g/mol. The molecule has 0 aromatic carbocycles. The van der Waals surface area contributed by atoms with Gasteiger partial charge in [-0.2, -0.15) is 0 Å². The second kappa shape index (κ2) is 8.32. The molecule has 1 atom stereocenters. The number of carbonyl (C=O) groups is 2. The minimum Gasteiger partial charge on any atom is -0.347 e. The first kappa shape index (κ1) is 17.2. The summed E-state index contributed by atoms with van der Waals surface area (Å²) < 4.78 is 0. The molecule has 6 heteroatoms. The Balaban J connectivity index is 0.00000289. The quantitative estimate of drug-likeness (QED) is 0.744. The number of rotatable bonds is 5. The average molecular weight is 278 g/mol. The normalized spacial score (nSPS) is 18.4. The molecule has 18 heavy (non-hydrogen) atoms. The van der Waals surface area contributed by atoms with Crippen LogP contribution in [0, 0.1) is 0 Å². The van der Waals surface area contributed by atoms with Crippen LogP contribution in [0.1, 0.15) is 25.7 Å². The maximum Gasteiger partial charge on any atom is 0.244 e. The van der Waals surface area contributed by atoms with Crippen molar-refractivity contribution < 1.29 is 9.59 Å². The van der Waals surface area contributed by atoms with Gasteiger partial charge in [-0.15, -0.1) is 12.4 Å². The van der Waals surface area contributed by atoms with E-state index in [2.05, 4.69) is 5.32 Å². The molecular formula is C12H24ClN3O2. The van der Waals surface area contributed by atoms with E-state index < -0.39 is 0 Å². The highest BCUT2D eigenvalue weighted by molar-refractivity contribution is 5.88. The van der Waals surface area contributed by atoms with Crippen LogP contribution in [0.15, 0.2) is 0 Å². The van der Waals surface area contributed by atoms with E-state index in [-0.39, 0.29) is 30.3 Å². The summed E-state index contributed by atoms with van der Waals surface area (Å²) in [7, 11) is 5.35. The maximum absolute atomic E-state index is 12.0. The second-order valence-electron chi connectivity index (χ2n) is 4.68. The van der Waals surface area contributed by atoms with E-state index in [4.69, 9.17) is 0 Å². The molecule has 106 valence electrons. The molecule has 5 nitrogen and oxygen atoms in total. The van der Waals surface area contributed by atoms with Crippen LogP contribution in [0.25, 0.3) is 0 Å². The van der Waals surface area contributed by atoms with E-state index in [1.165, 1.54) is 0 Å². The van der Waals surface area contributed by atoms with Gasteiger partial charge in [-0.25, -0.2) is 0 Å². The van der Waals surface area contributed by atoms with Gasteiger partial charge in [0, 0.05) is 27.1 Å². The number of carbonyl (C=O) groups excluding carboxylic acids is 2. The zero-order valence-corrected chi connectivity index (χ0v) is 12.3. The van der Waals surface area contributed by atoms with Gasteiger partial charge < -0.3 is 15.1 Å². The smallest absolute Gasteiger partial charge is 0.244 e. The zero-order valence-electron chi connectivity index (χ0n) is 11.4. The Kier molecular flexibility index (Phi) is 7.95. The van der Waals surface area contributed by atoms with Gasteiger partial charge >= 0.3 is 0 Å². The van der Waals surface area contributed by atoms with Crippen LogP contribution in [-0.4, -0.2) is 61.9 Å². The molecule has 0 bridgehead atoms. The first-order valence-corrected chi connectivity index (χ1v) is 6.23. The Morgan fingerprint density at radius 3 is 2.61 bits per heavy atom. The fraction of sp³-hybridized carbons (Fsp3) is 0.833. The lowest BCUT2D eigenvalue weighted by Gasteiger charge is -2.26. The van der Waals surface area contributed by atoms with Gasteiger partial charge in [-0.1, -0.05) is 0 Å². The number of nitrogens with one attached hydrogen (secondary N) is 1. The number of nitrogens with zero attached hydrogens (tertiary/aromatic N) is 2. The van der Waals surface area contributed by atoms with Crippen molar-refractivity contribution in [1.29, 1.82) is 0 Å². The fourth-order valence-corrected chi connectivity index (χ4v) is 2.18. The molecule has 1 rings (SSSR count). The van der Waals surface area contributed by atoms with Crippen molar-refractivity contribution in [3.63, 3.8) is 0 Å². The molecule has 0 saturated carbocycles. The van der Waals surface area contributed by atoms with E-state index >= 15 is 0 Å². The van der Waals surface area contributed by atoms with Crippen LogP contribution >= 0.6 is 12.4 Å². The SMILES string of the molecule is CNCCCC(=O)N1CCCC1C(=O)N(C)C.Cl. The molecule has 0 aromatic heterocycles. The summed E-state index contributed by atoms with van der Waals surface area (Å²) in [6, 6.07) is -0.230. The molecule has 1 unspecified atom stereocenters. The monoisotopic (exact) mass is 277 g/mol. The summed E-state index contributed by atoms with van der Waals surface area (Å²) in [4.78, 5) is 27.2. The lowest BCUT2D eigenvalue weighted by molar-refractivity contribution is -0.142. The van der Waals surface area contributed by atoms with Crippen LogP contribution in [0.4, 0.5) is 0 Å². The third kappa shape index (κ3) is 4.46. The van der Waals surface area contributed by atoms with E-state index in [9.17, 15) is 9.59 Å². The lowest BCUT2D eigenvalue weighted by atomic mass is 10.2. The number of hydrogen-bond acceptors (Lipinski definition) is 3. The Bertz CT molecular complexity index is 284. The van der Waals surface area contributed by atoms with Crippen LogP contribution in [0.3, 0.4) is 0 Å². The van der Waals surface area contributed by atoms with E-state index in [1.807, 2.05) is 7.05 Å². The highest BCUT2D eigenvalue weighted by atomic mass is 35.5. The third-order valence-electron chi connectivity index (χ3n) is 3.12. The van der Waals surface area contributed by atoms with Crippen LogP contribution in [0.5, 0.6) is 0 Å². The van der Waals surface area contributed by atoms with Gasteiger partial charge in [0.25, 0.3) is 0 Å². The zero-order chi connectivity index (χ0) is 12.8. The molecule has 0 spiro atoms. The molecule has 0 aliphatic carbocycles. The van der Waals surface area contributed by atoms with Gasteiger partial charge in [-0.05, 0) is 32.9 Å². The lowest BCUT2D eigenvalue weighted by Crippen LogP contribution is -2.45. The van der Waals surface area contributed by atoms with Crippen molar-refractivity contribution in [2.75, 3.05) is 34.2 Å². The second-order valence-corrected chi connectivity index (χ2v) is 4.68. The molecule has 2 amide bonds. The topological polar surface area (TPSA) is 52.7 Å². The molecule has 1 N–H and O–H groups in total. The van der Waals surface area contributed by atoms with Crippen LogP contribution < -0.4 is 5.32 Å². The summed E-state index contributed by atoms with van der Waals surface area (Å²) in [5, 5.41) is 3.02. The van der Waals surface area contributed by atoms with Crippen molar-refractivity contribution in [3.8, 4) is 0 Å². The molecule has 1 saturated heterocycles. The Morgan fingerprint density at radius 2 is 2.06 bits per heavy atom. The van der Waals surface area contributed by atoms with Gasteiger partial charge in [0.2, 0.25) is 11.8 Å². The summed E-state index contributed by atoms with van der Waals surface area (Å²) in [5.74, 6) is 0.155. The number of halogens is 1. The van der Waals surface area contributed by atoms with Crippen molar-refractivity contribution in [2.24, 2.45) is 0 Å². The van der Waals surface area contributed by atoms with Crippen molar-refractivity contribution in [2.45, 2.75) is 31.7 Å². The highest BCUT2D eigenvalue weighted by Crippen LogP contribution is 2.20. The van der Waals surface area contributed by atoms with Gasteiger partial charge in [0.15, 0.2) is 0 Å². The Labute approximate surface area is 115 Å². The van der Waals surface area contributed by atoms with Crippen LogP contribution in [0.2, 0.25) is 0 Å². The van der Waals surface area contributed by atoms with Crippen molar-refractivity contribution >= 4 is 24.2 Å². The molecule has 1 fully saturated rings. The van der Waals surface area contributed by atoms with Gasteiger partial charge in [0.05, 0.1) is 0 Å². The van der Waals surface area contributed by atoms with Crippen LogP contribution in [-0.2, 0) is 9.59 Å². The van der Waals surface area contributed by atoms with Gasteiger partial charge in [0.1, 0.15) is 6.04 Å². The first-order chi connectivity index (χ1) is 8.07. The van der Waals surface area contributed by atoms with E-state index in [0.29, 0.717) is 6.42 Å². The third-order valence-corrected chi connectivity index (χ3v) is 3.12. The van der Waals surface area contributed by atoms with Crippen molar-refractivity contribution in [1.82, 2.24) is 15.1 Å². The molecule has 1 aliphatic heterocycles. The number of likely N-dealkylation sites (N-methyl/N-ethyl adjacent to an activating group) is 1. The minimum atomic E-state index is -0.230. The van der Waals surface area contributed by atoms with Gasteiger partial charge in [-0.3, -0.25) is 9.59 Å². The summed E-state index contributed by atoms with van der Waals surface area (Å²) >= 11 is 0. The molecule has 0 aromatic rings. The fourth-order valence-electron chi connectivity index (χ4n) is 2.18. The summed E-state index contributed by atoms with van der Waals surface area (Å²) in [6.45, 7) is 1.56. The average Bonchev–Trinajstić information content (AvgIpc) is 2.76. The number of hydrogen-bond donors (Lipinski definition) is 1. The summed E-state index contributed by atoms with van der Waals surface area (Å²) in [6.07, 6.45) is 3.09. The largest absolute Gasteiger partial charge is 0.347 e. The number of amides is 2. The summed E-state index contributed by atoms with van der Waals surface area (Å²) in [5.41, 5.74) is 0. The highest BCUT2D eigenvalue weighted by Gasteiger charge is 2.34. The predicted octanol–water partition coefficient (Wildman–Crippen LogP) is 0.487. The Morgan fingerprint density at radius 1 is 1.39 bits per heavy atom. The standard InChI is InChI=1S/C12H23N3O2.ClH/c1-13-8-4-7-11(16)15-9-5-6-10(15)12(17)14(2)3;/h10,13H,4-9H2,1-3H3;1H. The predicted molar refractivity (Wildman–Crippen MR) is 73.8 cm³/mol. The Hall–Kier alpha value is -0.810. The first-order valence-electron chi connectivity index (χ1n) is 6.23. The number of likely N-dealkylation sites (tertiary alicyclic amines) is 1. The van der Waals surface area contributed by atoms with E-state index in [1.54, 1.807) is 23.9 Å². The molecule has 1 heterocycles. The maximum atomic E-state index is 12.0. The van der Waals surface area contributed by atoms with E-state index in [0.717, 1.165) is 32.4 Å². The molecule has 1 aliphatic rings. The minimum absolute atomic E-state index is 0. The van der Waals surface area contributed by atoms with Crippen molar-refractivity contribution in [3.05, 3.63) is 0 Å². The molecule has 0 radical (unpaired) electrons.